The van der Waals surface area contributed by atoms with Crippen molar-refractivity contribution in [2.75, 3.05) is 5.32 Å². The van der Waals surface area contributed by atoms with E-state index in [-0.39, 0.29) is 5.91 Å². The molecule has 0 saturated heterocycles. The molecule has 20 heavy (non-hydrogen) atoms. The van der Waals surface area contributed by atoms with E-state index in [0.29, 0.717) is 11.4 Å². The van der Waals surface area contributed by atoms with Crippen LogP contribution in [0.4, 0.5) is 5.82 Å². The molecule has 1 amide bonds. The molecule has 0 aliphatic heterocycles. The number of hydrogen-bond acceptors (Lipinski definition) is 3. The van der Waals surface area contributed by atoms with Gasteiger partial charge in [-0.05, 0) is 31.2 Å². The Hall–Kier alpha value is -2.89. The van der Waals surface area contributed by atoms with Gasteiger partial charge in [-0.25, -0.2) is 4.68 Å². The highest BCUT2D eigenvalue weighted by molar-refractivity contribution is 6.04. The summed E-state index contributed by atoms with van der Waals surface area (Å²) in [6, 6.07) is 9.10. The van der Waals surface area contributed by atoms with E-state index < -0.39 is 0 Å². The summed E-state index contributed by atoms with van der Waals surface area (Å²) < 4.78 is 1.71. The van der Waals surface area contributed by atoms with Gasteiger partial charge in [0, 0.05) is 23.5 Å². The Morgan fingerprint density at radius 3 is 2.95 bits per heavy atom. The summed E-state index contributed by atoms with van der Waals surface area (Å²) in [5.74, 6) is 0.422. The van der Waals surface area contributed by atoms with E-state index in [1.54, 1.807) is 29.2 Å². The Balaban J connectivity index is 1.85. The van der Waals surface area contributed by atoms with Crippen LogP contribution >= 0.6 is 0 Å². The quantitative estimate of drug-likeness (QED) is 0.763. The Morgan fingerprint density at radius 1 is 1.35 bits per heavy atom. The van der Waals surface area contributed by atoms with Crippen LogP contribution in [0.2, 0.25) is 0 Å². The number of carbonyl (C=O) groups is 1. The third kappa shape index (κ3) is 2.31. The first-order chi connectivity index (χ1) is 9.74. The molecule has 100 valence electrons. The van der Waals surface area contributed by atoms with Gasteiger partial charge >= 0.3 is 0 Å². The van der Waals surface area contributed by atoms with Crippen LogP contribution in [0.1, 0.15) is 15.9 Å². The summed E-state index contributed by atoms with van der Waals surface area (Å²) in [6.45, 7) is 1.87. The van der Waals surface area contributed by atoms with E-state index in [2.05, 4.69) is 20.6 Å². The van der Waals surface area contributed by atoms with Gasteiger partial charge in [-0.1, -0.05) is 6.07 Å². The van der Waals surface area contributed by atoms with Crippen LogP contribution in [0.3, 0.4) is 0 Å². The number of aromatic amines is 1. The van der Waals surface area contributed by atoms with Crippen molar-refractivity contribution >= 4 is 11.7 Å². The molecule has 3 aromatic rings. The molecule has 2 aromatic heterocycles. The third-order valence-corrected chi connectivity index (χ3v) is 2.94. The Morgan fingerprint density at radius 2 is 2.25 bits per heavy atom. The maximum atomic E-state index is 12.2. The second-order valence-corrected chi connectivity index (χ2v) is 4.38. The number of benzene rings is 1. The van der Waals surface area contributed by atoms with Gasteiger partial charge in [0.1, 0.15) is 5.82 Å². The minimum atomic E-state index is -0.189. The molecule has 2 heterocycles. The molecule has 0 aliphatic carbocycles. The number of nitrogens with zero attached hydrogens (tertiary/aromatic N) is 3. The van der Waals surface area contributed by atoms with Gasteiger partial charge in [0.2, 0.25) is 0 Å². The lowest BCUT2D eigenvalue weighted by Gasteiger charge is -2.06. The number of aromatic nitrogens is 4. The van der Waals surface area contributed by atoms with Crippen molar-refractivity contribution in [2.24, 2.45) is 0 Å². The molecule has 0 atom stereocenters. The van der Waals surface area contributed by atoms with E-state index in [9.17, 15) is 4.79 Å². The number of aryl methyl sites for hydroxylation is 1. The smallest absolute Gasteiger partial charge is 0.256 e. The van der Waals surface area contributed by atoms with Crippen molar-refractivity contribution in [3.8, 4) is 5.69 Å². The predicted molar refractivity (Wildman–Crippen MR) is 74.8 cm³/mol. The predicted octanol–water partition coefficient (Wildman–Crippen LogP) is 2.16. The number of anilines is 1. The zero-order valence-corrected chi connectivity index (χ0v) is 10.9. The number of nitrogens with one attached hydrogen (secondary N) is 2. The number of rotatable bonds is 3. The lowest BCUT2D eigenvalue weighted by Crippen LogP contribution is -2.13. The van der Waals surface area contributed by atoms with Gasteiger partial charge in [-0.2, -0.15) is 10.2 Å². The van der Waals surface area contributed by atoms with Crippen LogP contribution in [-0.2, 0) is 0 Å². The number of amides is 1. The van der Waals surface area contributed by atoms with Gasteiger partial charge in [-0.15, -0.1) is 0 Å². The standard InChI is InChI=1S/C14H13N5O/c1-10-9-15-18-13(10)17-14(20)11-4-2-5-12(8-11)19-7-3-6-16-19/h2-9H,1H3,(H2,15,17,18,20). The molecule has 0 bridgehead atoms. The average Bonchev–Trinajstić information content (AvgIpc) is 3.12. The first-order valence-corrected chi connectivity index (χ1v) is 6.15. The summed E-state index contributed by atoms with van der Waals surface area (Å²) in [7, 11) is 0. The molecule has 3 rings (SSSR count). The zero-order chi connectivity index (χ0) is 13.9. The molecular formula is C14H13N5O. The zero-order valence-electron chi connectivity index (χ0n) is 10.9. The fourth-order valence-electron chi connectivity index (χ4n) is 1.87. The molecule has 0 spiro atoms. The molecular weight excluding hydrogens is 254 g/mol. The molecule has 0 radical (unpaired) electrons. The van der Waals surface area contributed by atoms with Crippen molar-refractivity contribution in [2.45, 2.75) is 6.92 Å². The van der Waals surface area contributed by atoms with E-state index in [0.717, 1.165) is 11.3 Å². The maximum absolute atomic E-state index is 12.2. The fraction of sp³-hybridized carbons (Fsp3) is 0.0714. The van der Waals surface area contributed by atoms with Gasteiger partial charge in [0.25, 0.3) is 5.91 Å². The summed E-state index contributed by atoms with van der Waals surface area (Å²) in [6.07, 6.45) is 5.19. The van der Waals surface area contributed by atoms with Crippen LogP contribution in [0, 0.1) is 6.92 Å². The minimum absolute atomic E-state index is 0.189. The van der Waals surface area contributed by atoms with Crippen molar-refractivity contribution in [3.63, 3.8) is 0 Å². The van der Waals surface area contributed by atoms with Crippen molar-refractivity contribution in [3.05, 3.63) is 60.0 Å². The number of carbonyl (C=O) groups excluding carboxylic acids is 1. The molecule has 0 fully saturated rings. The van der Waals surface area contributed by atoms with Crippen LogP contribution < -0.4 is 5.32 Å². The summed E-state index contributed by atoms with van der Waals surface area (Å²) >= 11 is 0. The molecule has 0 aliphatic rings. The minimum Gasteiger partial charge on any atom is -0.307 e. The van der Waals surface area contributed by atoms with E-state index >= 15 is 0 Å². The first kappa shape index (κ1) is 12.2. The van der Waals surface area contributed by atoms with Crippen LogP contribution in [-0.4, -0.2) is 25.9 Å². The van der Waals surface area contributed by atoms with Crippen LogP contribution in [0.5, 0.6) is 0 Å². The van der Waals surface area contributed by atoms with E-state index in [1.165, 1.54) is 0 Å². The average molecular weight is 267 g/mol. The van der Waals surface area contributed by atoms with E-state index in [1.807, 2.05) is 31.3 Å². The highest BCUT2D eigenvalue weighted by atomic mass is 16.1. The van der Waals surface area contributed by atoms with Gasteiger partial charge in [0.05, 0.1) is 11.9 Å². The SMILES string of the molecule is Cc1cn[nH]c1NC(=O)c1cccc(-n2cccn2)c1. The Bertz CT molecular complexity index is 730. The largest absolute Gasteiger partial charge is 0.307 e. The van der Waals surface area contributed by atoms with Crippen LogP contribution in [0.25, 0.3) is 5.69 Å². The molecule has 1 aromatic carbocycles. The summed E-state index contributed by atoms with van der Waals surface area (Å²) in [5, 5.41) is 13.6. The normalized spacial score (nSPS) is 10.4. The van der Waals surface area contributed by atoms with Gasteiger partial charge in [-0.3, -0.25) is 9.89 Å². The van der Waals surface area contributed by atoms with Gasteiger partial charge < -0.3 is 5.32 Å². The van der Waals surface area contributed by atoms with Crippen molar-refractivity contribution < 1.29 is 4.79 Å². The molecule has 6 nitrogen and oxygen atoms in total. The topological polar surface area (TPSA) is 75.6 Å². The first-order valence-electron chi connectivity index (χ1n) is 6.15. The molecule has 6 heteroatoms. The van der Waals surface area contributed by atoms with Crippen molar-refractivity contribution in [1.82, 2.24) is 20.0 Å². The maximum Gasteiger partial charge on any atom is 0.256 e. The second-order valence-electron chi connectivity index (χ2n) is 4.38. The number of H-pyrrole nitrogens is 1. The summed E-state index contributed by atoms with van der Waals surface area (Å²) in [5.41, 5.74) is 2.29. The highest BCUT2D eigenvalue weighted by Crippen LogP contribution is 2.13. The Kier molecular flexibility index (Phi) is 3.04. The lowest BCUT2D eigenvalue weighted by atomic mass is 10.2. The van der Waals surface area contributed by atoms with Crippen molar-refractivity contribution in [1.29, 1.82) is 0 Å². The highest BCUT2D eigenvalue weighted by Gasteiger charge is 2.09. The summed E-state index contributed by atoms with van der Waals surface area (Å²) in [4.78, 5) is 12.2. The molecule has 0 saturated carbocycles. The molecule has 0 unspecified atom stereocenters. The molecule has 2 N–H and O–H groups in total. The number of hydrogen-bond donors (Lipinski definition) is 2. The van der Waals surface area contributed by atoms with Gasteiger partial charge in [0.15, 0.2) is 0 Å². The van der Waals surface area contributed by atoms with E-state index in [4.69, 9.17) is 0 Å². The lowest BCUT2D eigenvalue weighted by molar-refractivity contribution is 0.102. The van der Waals surface area contributed by atoms with Crippen LogP contribution in [0.15, 0.2) is 48.9 Å². The monoisotopic (exact) mass is 267 g/mol. The fourth-order valence-corrected chi connectivity index (χ4v) is 1.87. The second kappa shape index (κ2) is 5.00. The third-order valence-electron chi connectivity index (χ3n) is 2.94. The Labute approximate surface area is 115 Å².